The third kappa shape index (κ3) is 4.03. The monoisotopic (exact) mass is 315 g/mol. The number of hydrogen-bond acceptors (Lipinski definition) is 5. The molecular formula is C16H17N3O4. The van der Waals surface area contributed by atoms with Gasteiger partial charge in [-0.2, -0.15) is 5.10 Å². The van der Waals surface area contributed by atoms with E-state index in [9.17, 15) is 14.9 Å². The lowest BCUT2D eigenvalue weighted by Gasteiger charge is -2.02. The molecule has 0 fully saturated rings. The zero-order valence-electron chi connectivity index (χ0n) is 13.1. The van der Waals surface area contributed by atoms with Crippen LogP contribution < -0.4 is 0 Å². The maximum absolute atomic E-state index is 11.7. The quantitative estimate of drug-likeness (QED) is 0.366. The van der Waals surface area contributed by atoms with Gasteiger partial charge in [0.1, 0.15) is 6.61 Å². The van der Waals surface area contributed by atoms with E-state index in [0.29, 0.717) is 5.56 Å². The molecule has 0 aliphatic rings. The molecule has 0 spiro atoms. The van der Waals surface area contributed by atoms with Gasteiger partial charge in [0.25, 0.3) is 5.69 Å². The molecule has 0 saturated carbocycles. The summed E-state index contributed by atoms with van der Waals surface area (Å²) in [7, 11) is 1.84. The Bertz CT molecular complexity index is 760. The molecule has 1 heterocycles. The summed E-state index contributed by atoms with van der Waals surface area (Å²) in [5.74, 6) is -0.481. The van der Waals surface area contributed by atoms with Gasteiger partial charge in [0.2, 0.25) is 0 Å². The van der Waals surface area contributed by atoms with Crippen LogP contribution in [0.15, 0.2) is 30.3 Å². The number of aryl methyl sites for hydroxylation is 2. The van der Waals surface area contributed by atoms with Crippen molar-refractivity contribution in [3.8, 4) is 0 Å². The van der Waals surface area contributed by atoms with Gasteiger partial charge in [0, 0.05) is 36.5 Å². The Morgan fingerprint density at radius 3 is 2.52 bits per heavy atom. The van der Waals surface area contributed by atoms with Gasteiger partial charge in [-0.15, -0.1) is 0 Å². The van der Waals surface area contributed by atoms with Crippen LogP contribution in [-0.4, -0.2) is 20.7 Å². The largest absolute Gasteiger partial charge is 0.458 e. The second kappa shape index (κ2) is 6.87. The molecule has 1 aromatic carbocycles. The molecule has 2 rings (SSSR count). The number of ether oxygens (including phenoxy) is 1. The molecule has 0 aliphatic carbocycles. The molecule has 0 bridgehead atoms. The normalized spacial score (nSPS) is 10.9. The number of nitrogens with zero attached hydrogens (tertiary/aromatic N) is 3. The van der Waals surface area contributed by atoms with Gasteiger partial charge < -0.3 is 4.74 Å². The van der Waals surface area contributed by atoms with Crippen LogP contribution in [0.4, 0.5) is 5.69 Å². The summed E-state index contributed by atoms with van der Waals surface area (Å²) >= 11 is 0. The highest BCUT2D eigenvalue weighted by atomic mass is 16.6. The minimum absolute atomic E-state index is 0.00232. The standard InChI is InChI=1S/C16H17N3O4/c1-11-15(12(2)18(3)17-11)8-9-16(20)23-10-13-4-6-14(7-5-13)19(21)22/h4-9H,10H2,1-3H3/b9-8+. The number of rotatable bonds is 5. The fourth-order valence-electron chi connectivity index (χ4n) is 2.10. The molecule has 0 N–H and O–H groups in total. The predicted molar refractivity (Wildman–Crippen MR) is 84.6 cm³/mol. The van der Waals surface area contributed by atoms with Crippen molar-refractivity contribution in [1.82, 2.24) is 9.78 Å². The van der Waals surface area contributed by atoms with E-state index in [2.05, 4.69) is 5.10 Å². The Hall–Kier alpha value is -2.96. The number of non-ortho nitro benzene ring substituents is 1. The summed E-state index contributed by atoms with van der Waals surface area (Å²) in [4.78, 5) is 21.8. The van der Waals surface area contributed by atoms with Crippen molar-refractivity contribution >= 4 is 17.7 Å². The molecule has 2 aromatic rings. The molecule has 7 heteroatoms. The van der Waals surface area contributed by atoms with Crippen LogP contribution in [0, 0.1) is 24.0 Å². The average Bonchev–Trinajstić information content (AvgIpc) is 2.76. The third-order valence-electron chi connectivity index (χ3n) is 3.48. The number of carbonyl (C=O) groups is 1. The van der Waals surface area contributed by atoms with Gasteiger partial charge >= 0.3 is 5.97 Å². The van der Waals surface area contributed by atoms with Gasteiger partial charge in [0.05, 0.1) is 10.6 Å². The Morgan fingerprint density at radius 1 is 1.35 bits per heavy atom. The SMILES string of the molecule is Cc1nn(C)c(C)c1/C=C/C(=O)OCc1ccc([N+](=O)[O-])cc1. The van der Waals surface area contributed by atoms with Gasteiger partial charge in [-0.3, -0.25) is 14.8 Å². The lowest BCUT2D eigenvalue weighted by molar-refractivity contribution is -0.384. The Kier molecular flexibility index (Phi) is 4.90. The molecule has 0 atom stereocenters. The summed E-state index contributed by atoms with van der Waals surface area (Å²) in [6.07, 6.45) is 3.03. The van der Waals surface area contributed by atoms with Crippen molar-refractivity contribution in [2.24, 2.45) is 7.05 Å². The number of benzene rings is 1. The van der Waals surface area contributed by atoms with Crippen LogP contribution in [0.5, 0.6) is 0 Å². The lowest BCUT2D eigenvalue weighted by atomic mass is 10.2. The Morgan fingerprint density at radius 2 is 2.00 bits per heavy atom. The number of aromatic nitrogens is 2. The second-order valence-corrected chi connectivity index (χ2v) is 5.07. The van der Waals surface area contributed by atoms with E-state index in [1.165, 1.54) is 18.2 Å². The molecular weight excluding hydrogens is 298 g/mol. The fraction of sp³-hybridized carbons (Fsp3) is 0.250. The minimum Gasteiger partial charge on any atom is -0.458 e. The molecule has 0 saturated heterocycles. The van der Waals surface area contributed by atoms with Crippen LogP contribution in [-0.2, 0) is 23.2 Å². The van der Waals surface area contributed by atoms with E-state index in [4.69, 9.17) is 4.74 Å². The highest BCUT2D eigenvalue weighted by Crippen LogP contribution is 2.14. The molecule has 0 amide bonds. The molecule has 0 radical (unpaired) electrons. The molecule has 7 nitrogen and oxygen atoms in total. The number of nitro groups is 1. The first-order valence-electron chi connectivity index (χ1n) is 6.97. The van der Waals surface area contributed by atoms with Crippen molar-refractivity contribution in [3.05, 3.63) is 63.0 Å². The summed E-state index contributed by atoms with van der Waals surface area (Å²) in [5.41, 5.74) is 3.37. The first kappa shape index (κ1) is 16.4. The summed E-state index contributed by atoms with van der Waals surface area (Å²) < 4.78 is 6.86. The summed E-state index contributed by atoms with van der Waals surface area (Å²) in [5, 5.41) is 14.8. The van der Waals surface area contributed by atoms with E-state index < -0.39 is 10.9 Å². The fourth-order valence-corrected chi connectivity index (χ4v) is 2.10. The van der Waals surface area contributed by atoms with Gasteiger partial charge in [-0.1, -0.05) is 0 Å². The Labute approximate surface area is 133 Å². The molecule has 0 unspecified atom stereocenters. The maximum atomic E-state index is 11.7. The minimum atomic E-state index is -0.481. The summed E-state index contributed by atoms with van der Waals surface area (Å²) in [6, 6.07) is 5.87. The van der Waals surface area contributed by atoms with Gasteiger partial charge in [-0.25, -0.2) is 4.79 Å². The lowest BCUT2D eigenvalue weighted by Crippen LogP contribution is -2.01. The molecule has 1 aromatic heterocycles. The number of esters is 1. The van der Waals surface area contributed by atoms with Crippen LogP contribution in [0.1, 0.15) is 22.5 Å². The molecule has 23 heavy (non-hydrogen) atoms. The highest BCUT2D eigenvalue weighted by Gasteiger charge is 2.08. The topological polar surface area (TPSA) is 87.3 Å². The Balaban J connectivity index is 1.94. The van der Waals surface area contributed by atoms with E-state index in [1.54, 1.807) is 22.9 Å². The smallest absolute Gasteiger partial charge is 0.331 e. The van der Waals surface area contributed by atoms with E-state index >= 15 is 0 Å². The zero-order chi connectivity index (χ0) is 17.0. The number of nitro benzene ring substituents is 1. The van der Waals surface area contributed by atoms with Crippen LogP contribution >= 0.6 is 0 Å². The van der Waals surface area contributed by atoms with E-state index in [0.717, 1.165) is 17.0 Å². The van der Waals surface area contributed by atoms with Gasteiger partial charge in [0.15, 0.2) is 0 Å². The number of hydrogen-bond donors (Lipinski definition) is 0. The molecule has 0 aliphatic heterocycles. The first-order chi connectivity index (χ1) is 10.9. The predicted octanol–water partition coefficient (Wildman–Crippen LogP) is 2.70. The van der Waals surface area contributed by atoms with Crippen molar-refractivity contribution in [1.29, 1.82) is 0 Å². The average molecular weight is 315 g/mol. The zero-order valence-corrected chi connectivity index (χ0v) is 13.1. The second-order valence-electron chi connectivity index (χ2n) is 5.07. The first-order valence-corrected chi connectivity index (χ1v) is 6.97. The summed E-state index contributed by atoms with van der Waals surface area (Å²) in [6.45, 7) is 3.85. The van der Waals surface area contributed by atoms with Crippen molar-refractivity contribution < 1.29 is 14.5 Å². The third-order valence-corrected chi connectivity index (χ3v) is 3.48. The van der Waals surface area contributed by atoms with Crippen LogP contribution in [0.25, 0.3) is 6.08 Å². The van der Waals surface area contributed by atoms with Crippen LogP contribution in [0.3, 0.4) is 0 Å². The van der Waals surface area contributed by atoms with Crippen molar-refractivity contribution in [3.63, 3.8) is 0 Å². The van der Waals surface area contributed by atoms with Crippen molar-refractivity contribution in [2.75, 3.05) is 0 Å². The van der Waals surface area contributed by atoms with E-state index in [1.807, 2.05) is 20.9 Å². The maximum Gasteiger partial charge on any atom is 0.331 e. The van der Waals surface area contributed by atoms with Gasteiger partial charge in [-0.05, 0) is 37.6 Å². The van der Waals surface area contributed by atoms with Crippen LogP contribution in [0.2, 0.25) is 0 Å². The van der Waals surface area contributed by atoms with Crippen molar-refractivity contribution in [2.45, 2.75) is 20.5 Å². The highest BCUT2D eigenvalue weighted by molar-refractivity contribution is 5.87. The van der Waals surface area contributed by atoms with E-state index in [-0.39, 0.29) is 12.3 Å². The molecule has 120 valence electrons. The number of carbonyl (C=O) groups excluding carboxylic acids is 1.